The van der Waals surface area contributed by atoms with Crippen molar-refractivity contribution in [1.29, 1.82) is 0 Å². The molecule has 18 heavy (non-hydrogen) atoms. The summed E-state index contributed by atoms with van der Waals surface area (Å²) in [5.41, 5.74) is 8.27. The summed E-state index contributed by atoms with van der Waals surface area (Å²) >= 11 is 0. The molecule has 2 atom stereocenters. The van der Waals surface area contributed by atoms with Crippen molar-refractivity contribution in [2.24, 2.45) is 17.6 Å². The van der Waals surface area contributed by atoms with Crippen molar-refractivity contribution in [1.82, 2.24) is 4.90 Å². The van der Waals surface area contributed by atoms with Crippen LogP contribution in [-0.2, 0) is 4.79 Å². The third kappa shape index (κ3) is 2.09. The SMILES string of the molecule is NC(=O)C1CCC2=CC=C3C=CCCC3CN2C1. The number of carbonyl (C=O) groups is 1. The van der Waals surface area contributed by atoms with Gasteiger partial charge in [-0.1, -0.05) is 18.2 Å². The smallest absolute Gasteiger partial charge is 0.222 e. The summed E-state index contributed by atoms with van der Waals surface area (Å²) in [6.45, 7) is 1.86. The van der Waals surface area contributed by atoms with E-state index in [1.54, 1.807) is 0 Å². The lowest BCUT2D eigenvalue weighted by molar-refractivity contribution is -0.123. The van der Waals surface area contributed by atoms with Crippen LogP contribution in [0.1, 0.15) is 25.7 Å². The molecule has 2 heterocycles. The fourth-order valence-corrected chi connectivity index (χ4v) is 3.23. The van der Waals surface area contributed by atoms with Crippen LogP contribution in [0.4, 0.5) is 0 Å². The van der Waals surface area contributed by atoms with E-state index in [4.69, 9.17) is 5.73 Å². The van der Waals surface area contributed by atoms with Crippen molar-refractivity contribution in [2.75, 3.05) is 13.1 Å². The minimum atomic E-state index is -0.144. The van der Waals surface area contributed by atoms with E-state index >= 15 is 0 Å². The summed E-state index contributed by atoms with van der Waals surface area (Å²) in [7, 11) is 0. The number of rotatable bonds is 1. The van der Waals surface area contributed by atoms with E-state index in [0.29, 0.717) is 5.92 Å². The van der Waals surface area contributed by atoms with E-state index in [9.17, 15) is 4.79 Å². The number of hydrogen-bond acceptors (Lipinski definition) is 2. The van der Waals surface area contributed by atoms with Crippen LogP contribution in [0.2, 0.25) is 0 Å². The molecule has 96 valence electrons. The van der Waals surface area contributed by atoms with Crippen LogP contribution in [0.3, 0.4) is 0 Å². The molecule has 1 aliphatic carbocycles. The van der Waals surface area contributed by atoms with E-state index in [1.165, 1.54) is 24.1 Å². The van der Waals surface area contributed by atoms with E-state index in [0.717, 1.165) is 25.9 Å². The van der Waals surface area contributed by atoms with Gasteiger partial charge in [-0.3, -0.25) is 4.79 Å². The summed E-state index contributed by atoms with van der Waals surface area (Å²) in [6.07, 6.45) is 13.3. The highest BCUT2D eigenvalue weighted by molar-refractivity contribution is 5.77. The molecule has 0 aromatic heterocycles. The fourth-order valence-electron chi connectivity index (χ4n) is 3.23. The normalized spacial score (nSPS) is 30.8. The molecule has 1 amide bonds. The minimum Gasteiger partial charge on any atom is -0.373 e. The molecule has 0 radical (unpaired) electrons. The molecule has 2 N–H and O–H groups in total. The number of amides is 1. The highest BCUT2D eigenvalue weighted by Gasteiger charge is 2.30. The van der Waals surface area contributed by atoms with Crippen LogP contribution in [0.25, 0.3) is 0 Å². The van der Waals surface area contributed by atoms with E-state index in [2.05, 4.69) is 29.2 Å². The molecule has 1 saturated heterocycles. The van der Waals surface area contributed by atoms with Crippen LogP contribution >= 0.6 is 0 Å². The third-order valence-corrected chi connectivity index (χ3v) is 4.37. The van der Waals surface area contributed by atoms with Crippen molar-refractivity contribution in [3.63, 3.8) is 0 Å². The Bertz CT molecular complexity index is 447. The minimum absolute atomic E-state index is 0.0304. The maximum Gasteiger partial charge on any atom is 0.222 e. The summed E-state index contributed by atoms with van der Waals surface area (Å²) in [5, 5.41) is 0. The molecule has 0 bridgehead atoms. The Labute approximate surface area is 108 Å². The van der Waals surface area contributed by atoms with Crippen molar-refractivity contribution < 1.29 is 4.79 Å². The molecule has 2 aliphatic heterocycles. The Morgan fingerprint density at radius 1 is 1.28 bits per heavy atom. The van der Waals surface area contributed by atoms with E-state index in [1.807, 2.05) is 0 Å². The van der Waals surface area contributed by atoms with E-state index < -0.39 is 0 Å². The van der Waals surface area contributed by atoms with Crippen molar-refractivity contribution >= 4 is 5.91 Å². The highest BCUT2D eigenvalue weighted by atomic mass is 16.1. The van der Waals surface area contributed by atoms with Gasteiger partial charge in [0.25, 0.3) is 0 Å². The number of fused-ring (bicyclic) bond motifs is 2. The Balaban J connectivity index is 1.80. The molecule has 0 saturated carbocycles. The molecular formula is C15H20N2O. The van der Waals surface area contributed by atoms with Gasteiger partial charge in [-0.15, -0.1) is 0 Å². The van der Waals surface area contributed by atoms with Gasteiger partial charge >= 0.3 is 0 Å². The zero-order valence-corrected chi connectivity index (χ0v) is 10.6. The Morgan fingerprint density at radius 2 is 2.17 bits per heavy atom. The second-order valence-electron chi connectivity index (χ2n) is 5.54. The average Bonchev–Trinajstić information content (AvgIpc) is 2.56. The lowest BCUT2D eigenvalue weighted by Gasteiger charge is -2.37. The summed E-state index contributed by atoms with van der Waals surface area (Å²) in [6, 6.07) is 0. The quantitative estimate of drug-likeness (QED) is 0.766. The number of carbonyl (C=O) groups excluding carboxylic acids is 1. The molecule has 0 aromatic carbocycles. The van der Waals surface area contributed by atoms with E-state index in [-0.39, 0.29) is 11.8 Å². The highest BCUT2D eigenvalue weighted by Crippen LogP contribution is 2.33. The Morgan fingerprint density at radius 3 is 3.00 bits per heavy atom. The Hall–Kier alpha value is -1.51. The van der Waals surface area contributed by atoms with Gasteiger partial charge in [0, 0.05) is 24.7 Å². The first kappa shape index (κ1) is 11.6. The van der Waals surface area contributed by atoms with Crippen LogP contribution in [-0.4, -0.2) is 23.9 Å². The van der Waals surface area contributed by atoms with Crippen LogP contribution in [0, 0.1) is 11.8 Å². The van der Waals surface area contributed by atoms with Gasteiger partial charge in [0.1, 0.15) is 0 Å². The summed E-state index contributed by atoms with van der Waals surface area (Å²) in [4.78, 5) is 13.7. The monoisotopic (exact) mass is 244 g/mol. The topological polar surface area (TPSA) is 46.3 Å². The van der Waals surface area contributed by atoms with Crippen LogP contribution in [0.15, 0.2) is 35.6 Å². The van der Waals surface area contributed by atoms with Gasteiger partial charge in [0.15, 0.2) is 0 Å². The zero-order chi connectivity index (χ0) is 12.5. The molecular weight excluding hydrogens is 224 g/mol. The van der Waals surface area contributed by atoms with Gasteiger partial charge in [-0.25, -0.2) is 0 Å². The van der Waals surface area contributed by atoms with Crippen LogP contribution in [0.5, 0.6) is 0 Å². The van der Waals surface area contributed by atoms with Crippen LogP contribution < -0.4 is 5.73 Å². The fraction of sp³-hybridized carbons (Fsp3) is 0.533. The van der Waals surface area contributed by atoms with Crippen molar-refractivity contribution in [3.8, 4) is 0 Å². The number of piperidine rings is 1. The predicted molar refractivity (Wildman–Crippen MR) is 71.5 cm³/mol. The predicted octanol–water partition coefficient (Wildman–Crippen LogP) is 1.97. The first-order valence-electron chi connectivity index (χ1n) is 6.85. The van der Waals surface area contributed by atoms with Gasteiger partial charge in [-0.2, -0.15) is 0 Å². The number of allylic oxidation sites excluding steroid dienone is 5. The first-order chi connectivity index (χ1) is 8.74. The second kappa shape index (κ2) is 4.63. The van der Waals surface area contributed by atoms with Gasteiger partial charge in [-0.05, 0) is 37.3 Å². The summed E-state index contributed by atoms with van der Waals surface area (Å²) < 4.78 is 0. The average molecular weight is 244 g/mol. The van der Waals surface area contributed by atoms with Gasteiger partial charge < -0.3 is 10.6 Å². The molecule has 3 nitrogen and oxygen atoms in total. The number of primary amides is 1. The number of nitrogens with zero attached hydrogens (tertiary/aromatic N) is 1. The standard InChI is InChI=1S/C15H20N2O/c16-15(18)13-6-8-14-7-5-11-3-1-2-4-12(11)9-17(14)10-13/h1,3,5,7,12-13H,2,4,6,8-10H2,(H2,16,18). The molecule has 1 fully saturated rings. The molecule has 3 heteroatoms. The molecule has 3 rings (SSSR count). The molecule has 0 spiro atoms. The lowest BCUT2D eigenvalue weighted by atomic mass is 9.88. The van der Waals surface area contributed by atoms with Crippen molar-refractivity contribution in [3.05, 3.63) is 35.6 Å². The molecule has 2 unspecified atom stereocenters. The Kier molecular flexibility index (Phi) is 2.98. The maximum atomic E-state index is 11.3. The number of hydrogen-bond donors (Lipinski definition) is 1. The maximum absolute atomic E-state index is 11.3. The van der Waals surface area contributed by atoms with Crippen molar-refractivity contribution in [2.45, 2.75) is 25.7 Å². The largest absolute Gasteiger partial charge is 0.373 e. The second-order valence-corrected chi connectivity index (χ2v) is 5.54. The summed E-state index contributed by atoms with van der Waals surface area (Å²) in [5.74, 6) is 0.508. The third-order valence-electron chi connectivity index (χ3n) is 4.37. The van der Waals surface area contributed by atoms with Gasteiger partial charge in [0.2, 0.25) is 5.91 Å². The molecule has 3 aliphatic rings. The van der Waals surface area contributed by atoms with Gasteiger partial charge in [0.05, 0.1) is 5.92 Å². The zero-order valence-electron chi connectivity index (χ0n) is 10.6. The first-order valence-corrected chi connectivity index (χ1v) is 6.85. The lowest BCUT2D eigenvalue weighted by Crippen LogP contribution is -2.41. The number of nitrogens with two attached hydrogens (primary N) is 1. The molecule has 0 aromatic rings.